The average molecular weight is 293 g/mol. The second kappa shape index (κ2) is 9.13. The molecule has 1 aromatic carbocycles. The van der Waals surface area contributed by atoms with E-state index in [1.807, 2.05) is 44.2 Å². The average Bonchev–Trinajstić information content (AvgIpc) is 2.46. The van der Waals surface area contributed by atoms with Crippen molar-refractivity contribution in [3.63, 3.8) is 0 Å². The van der Waals surface area contributed by atoms with Gasteiger partial charge in [-0.2, -0.15) is 0 Å². The van der Waals surface area contributed by atoms with Crippen molar-refractivity contribution in [1.29, 1.82) is 0 Å². The lowest BCUT2D eigenvalue weighted by atomic mass is 10.0. The molecule has 21 heavy (non-hydrogen) atoms. The molecule has 1 rings (SSSR count). The van der Waals surface area contributed by atoms with Gasteiger partial charge in [0.1, 0.15) is 12.6 Å². The normalized spacial score (nSPS) is 12.0. The second-order valence-corrected chi connectivity index (χ2v) is 5.00. The van der Waals surface area contributed by atoms with Gasteiger partial charge in [0.25, 0.3) is 0 Å². The maximum atomic E-state index is 12.1. The first-order valence-electron chi connectivity index (χ1n) is 7.14. The lowest BCUT2D eigenvalue weighted by Crippen LogP contribution is -2.44. The Morgan fingerprint density at radius 3 is 2.38 bits per heavy atom. The molecule has 0 radical (unpaired) electrons. The van der Waals surface area contributed by atoms with Crippen molar-refractivity contribution in [2.45, 2.75) is 33.4 Å². The summed E-state index contributed by atoms with van der Waals surface area (Å²) in [6, 6.07) is 8.94. The van der Waals surface area contributed by atoms with Gasteiger partial charge in [-0.05, 0) is 18.4 Å². The van der Waals surface area contributed by atoms with Crippen LogP contribution >= 0.6 is 0 Å². The summed E-state index contributed by atoms with van der Waals surface area (Å²) in [6.45, 7) is 6.08. The molecule has 0 saturated carbocycles. The Balaban J connectivity index is 2.47. The van der Waals surface area contributed by atoms with E-state index in [1.54, 1.807) is 6.92 Å². The monoisotopic (exact) mass is 293 g/mol. The molecule has 1 N–H and O–H groups in total. The fourth-order valence-corrected chi connectivity index (χ4v) is 1.81. The van der Waals surface area contributed by atoms with Crippen LogP contribution in [0, 0.1) is 5.92 Å². The van der Waals surface area contributed by atoms with Gasteiger partial charge in [-0.1, -0.05) is 44.2 Å². The van der Waals surface area contributed by atoms with E-state index in [4.69, 9.17) is 9.47 Å². The number of benzene rings is 1. The van der Waals surface area contributed by atoms with Gasteiger partial charge < -0.3 is 9.47 Å². The highest BCUT2D eigenvalue weighted by Crippen LogP contribution is 2.07. The van der Waals surface area contributed by atoms with Gasteiger partial charge in [0.2, 0.25) is 0 Å². The SMILES string of the molecule is CCOC(=O)CN[C@H](C(=O)OCc1ccccc1)C(C)C. The molecular formula is C16H23NO4. The van der Waals surface area contributed by atoms with Crippen LogP contribution in [-0.2, 0) is 25.7 Å². The lowest BCUT2D eigenvalue weighted by molar-refractivity contribution is -0.149. The predicted molar refractivity (Wildman–Crippen MR) is 79.5 cm³/mol. The zero-order chi connectivity index (χ0) is 15.7. The molecule has 0 aliphatic heterocycles. The van der Waals surface area contributed by atoms with Gasteiger partial charge in [0.05, 0.1) is 13.2 Å². The van der Waals surface area contributed by atoms with E-state index in [1.165, 1.54) is 0 Å². The number of esters is 2. The van der Waals surface area contributed by atoms with Crippen LogP contribution in [0.15, 0.2) is 30.3 Å². The number of carbonyl (C=O) groups is 2. The molecular weight excluding hydrogens is 270 g/mol. The molecule has 0 bridgehead atoms. The summed E-state index contributed by atoms with van der Waals surface area (Å²) in [5.74, 6) is -0.722. The number of carbonyl (C=O) groups excluding carboxylic acids is 2. The summed E-state index contributed by atoms with van der Waals surface area (Å²) in [7, 11) is 0. The molecule has 5 nitrogen and oxygen atoms in total. The van der Waals surface area contributed by atoms with E-state index >= 15 is 0 Å². The Morgan fingerprint density at radius 2 is 1.81 bits per heavy atom. The van der Waals surface area contributed by atoms with Crippen LogP contribution < -0.4 is 5.32 Å². The number of hydrogen-bond acceptors (Lipinski definition) is 5. The number of rotatable bonds is 8. The highest BCUT2D eigenvalue weighted by Gasteiger charge is 2.24. The maximum absolute atomic E-state index is 12.1. The van der Waals surface area contributed by atoms with Crippen LogP contribution in [0.25, 0.3) is 0 Å². The van der Waals surface area contributed by atoms with E-state index in [2.05, 4.69) is 5.32 Å². The van der Waals surface area contributed by atoms with E-state index in [9.17, 15) is 9.59 Å². The van der Waals surface area contributed by atoms with Crippen LogP contribution in [0.5, 0.6) is 0 Å². The maximum Gasteiger partial charge on any atom is 0.323 e. The molecule has 0 amide bonds. The summed E-state index contributed by atoms with van der Waals surface area (Å²) in [4.78, 5) is 23.4. The fraction of sp³-hybridized carbons (Fsp3) is 0.500. The lowest BCUT2D eigenvalue weighted by Gasteiger charge is -2.20. The van der Waals surface area contributed by atoms with Crippen LogP contribution in [0.1, 0.15) is 26.3 Å². The highest BCUT2D eigenvalue weighted by molar-refractivity contribution is 5.78. The summed E-state index contributed by atoms with van der Waals surface area (Å²) in [5, 5.41) is 2.89. The first-order chi connectivity index (χ1) is 10.0. The minimum absolute atomic E-state index is 0.00285. The molecule has 1 atom stereocenters. The number of hydrogen-bond donors (Lipinski definition) is 1. The third-order valence-corrected chi connectivity index (χ3v) is 2.92. The van der Waals surface area contributed by atoms with E-state index in [0.717, 1.165) is 5.56 Å². The van der Waals surface area contributed by atoms with Crippen LogP contribution in [0.3, 0.4) is 0 Å². The van der Waals surface area contributed by atoms with Crippen molar-refractivity contribution in [1.82, 2.24) is 5.32 Å². The van der Waals surface area contributed by atoms with E-state index < -0.39 is 6.04 Å². The van der Waals surface area contributed by atoms with E-state index in [-0.39, 0.29) is 31.0 Å². The number of nitrogens with one attached hydrogen (secondary N) is 1. The van der Waals surface area contributed by atoms with E-state index in [0.29, 0.717) is 6.61 Å². The van der Waals surface area contributed by atoms with Gasteiger partial charge in [0, 0.05) is 0 Å². The fourth-order valence-electron chi connectivity index (χ4n) is 1.81. The standard InChI is InChI=1S/C16H23NO4/c1-4-20-14(18)10-17-15(12(2)3)16(19)21-11-13-8-6-5-7-9-13/h5-9,12,15,17H,4,10-11H2,1-3H3/t15-/m0/s1. The first-order valence-corrected chi connectivity index (χ1v) is 7.14. The molecule has 0 saturated heterocycles. The van der Waals surface area contributed by atoms with Crippen molar-refractivity contribution in [3.8, 4) is 0 Å². The summed E-state index contributed by atoms with van der Waals surface area (Å²) < 4.78 is 10.1. The van der Waals surface area contributed by atoms with Gasteiger partial charge in [-0.15, -0.1) is 0 Å². The Morgan fingerprint density at radius 1 is 1.14 bits per heavy atom. The minimum atomic E-state index is -0.530. The Kier molecular flexibility index (Phi) is 7.46. The molecule has 116 valence electrons. The van der Waals surface area contributed by atoms with Gasteiger partial charge >= 0.3 is 11.9 Å². The molecule has 0 aliphatic carbocycles. The molecule has 0 heterocycles. The van der Waals surface area contributed by atoms with Crippen molar-refractivity contribution in [2.24, 2.45) is 5.92 Å². The first kappa shape index (κ1) is 17.2. The van der Waals surface area contributed by atoms with Gasteiger partial charge in [0.15, 0.2) is 0 Å². The number of ether oxygens (including phenoxy) is 2. The molecule has 0 aliphatic rings. The van der Waals surface area contributed by atoms with Crippen molar-refractivity contribution >= 4 is 11.9 Å². The third kappa shape index (κ3) is 6.40. The molecule has 0 fully saturated rings. The van der Waals surface area contributed by atoms with Crippen molar-refractivity contribution < 1.29 is 19.1 Å². The van der Waals surface area contributed by atoms with Gasteiger partial charge in [-0.25, -0.2) is 0 Å². The molecule has 0 spiro atoms. The molecule has 0 aromatic heterocycles. The van der Waals surface area contributed by atoms with Crippen LogP contribution in [-0.4, -0.2) is 31.1 Å². The van der Waals surface area contributed by atoms with Crippen molar-refractivity contribution in [2.75, 3.05) is 13.2 Å². The summed E-state index contributed by atoms with van der Waals surface area (Å²) in [6.07, 6.45) is 0. The summed E-state index contributed by atoms with van der Waals surface area (Å²) in [5.41, 5.74) is 0.929. The third-order valence-electron chi connectivity index (χ3n) is 2.92. The van der Waals surface area contributed by atoms with Crippen LogP contribution in [0.2, 0.25) is 0 Å². The largest absolute Gasteiger partial charge is 0.465 e. The smallest absolute Gasteiger partial charge is 0.323 e. The Bertz CT molecular complexity index is 445. The molecule has 0 unspecified atom stereocenters. The zero-order valence-electron chi connectivity index (χ0n) is 12.8. The summed E-state index contributed by atoms with van der Waals surface area (Å²) >= 11 is 0. The highest BCUT2D eigenvalue weighted by atomic mass is 16.5. The Labute approximate surface area is 125 Å². The quantitative estimate of drug-likeness (QED) is 0.742. The Hall–Kier alpha value is -1.88. The zero-order valence-corrected chi connectivity index (χ0v) is 12.8. The molecule has 5 heteroatoms. The minimum Gasteiger partial charge on any atom is -0.465 e. The topological polar surface area (TPSA) is 64.6 Å². The predicted octanol–water partition coefficient (Wildman–Crippen LogP) is 1.91. The van der Waals surface area contributed by atoms with Crippen LogP contribution in [0.4, 0.5) is 0 Å². The van der Waals surface area contributed by atoms with Gasteiger partial charge in [-0.3, -0.25) is 14.9 Å². The molecule has 1 aromatic rings. The van der Waals surface area contributed by atoms with Crippen molar-refractivity contribution in [3.05, 3.63) is 35.9 Å². The second-order valence-electron chi connectivity index (χ2n) is 5.00.